The molecule has 88 valence electrons. The minimum atomic E-state index is -0.0148. The maximum atomic E-state index is 8.95. The molecule has 0 unspecified atom stereocenters. The van der Waals surface area contributed by atoms with Gasteiger partial charge < -0.3 is 5.11 Å². The highest BCUT2D eigenvalue weighted by Crippen LogP contribution is 2.31. The molecule has 0 radical (unpaired) electrons. The van der Waals surface area contributed by atoms with E-state index < -0.39 is 0 Å². The van der Waals surface area contributed by atoms with Crippen LogP contribution in [0, 0.1) is 0 Å². The Kier molecular flexibility index (Phi) is 2.65. The Labute approximate surface area is 95.1 Å². The summed E-state index contributed by atoms with van der Waals surface area (Å²) >= 11 is 0. The van der Waals surface area contributed by atoms with Crippen LogP contribution in [0.5, 0.6) is 0 Å². The predicted octanol–water partition coefficient (Wildman–Crippen LogP) is 0.570. The first-order valence-electron chi connectivity index (χ1n) is 6.12. The van der Waals surface area contributed by atoms with Crippen molar-refractivity contribution in [2.45, 2.75) is 44.4 Å². The average molecular weight is 222 g/mol. The SMILES string of the molecule is OCc1cn([C@@H]2CCN(C3CCC3)C2)nn1. The molecular weight excluding hydrogens is 204 g/mol. The zero-order chi connectivity index (χ0) is 11.0. The van der Waals surface area contributed by atoms with Crippen LogP contribution in [0.2, 0.25) is 0 Å². The third kappa shape index (κ3) is 1.74. The molecule has 1 atom stereocenters. The number of aliphatic hydroxyl groups is 1. The Hall–Kier alpha value is -0.940. The van der Waals surface area contributed by atoms with Crippen molar-refractivity contribution in [3.8, 4) is 0 Å². The molecule has 1 aliphatic carbocycles. The molecule has 2 aliphatic rings. The van der Waals surface area contributed by atoms with Crippen LogP contribution in [-0.2, 0) is 6.61 Å². The van der Waals surface area contributed by atoms with Gasteiger partial charge in [-0.25, -0.2) is 4.68 Å². The topological polar surface area (TPSA) is 54.2 Å². The number of aromatic nitrogens is 3. The summed E-state index contributed by atoms with van der Waals surface area (Å²) in [6, 6.07) is 1.28. The molecule has 1 saturated heterocycles. The van der Waals surface area contributed by atoms with Gasteiger partial charge in [0.15, 0.2) is 0 Å². The van der Waals surface area contributed by atoms with E-state index in [1.165, 1.54) is 25.8 Å². The number of nitrogens with zero attached hydrogens (tertiary/aromatic N) is 4. The number of hydrogen-bond donors (Lipinski definition) is 1. The normalized spacial score (nSPS) is 27.2. The molecule has 5 nitrogen and oxygen atoms in total. The van der Waals surface area contributed by atoms with Gasteiger partial charge in [0.05, 0.1) is 18.8 Å². The molecule has 2 fully saturated rings. The van der Waals surface area contributed by atoms with Crippen molar-refractivity contribution < 1.29 is 5.11 Å². The monoisotopic (exact) mass is 222 g/mol. The lowest BCUT2D eigenvalue weighted by molar-refractivity contribution is 0.153. The average Bonchev–Trinajstić information content (AvgIpc) is 2.81. The standard InChI is InChI=1S/C11H18N4O/c16-8-9-6-15(13-12-9)11-4-5-14(7-11)10-2-1-3-10/h6,10-11,16H,1-5,7-8H2/t11-/m1/s1. The molecule has 2 heterocycles. The maximum Gasteiger partial charge on any atom is 0.108 e. The van der Waals surface area contributed by atoms with E-state index >= 15 is 0 Å². The molecule has 1 aromatic rings. The zero-order valence-corrected chi connectivity index (χ0v) is 9.42. The minimum absolute atomic E-state index is 0.0148. The Morgan fingerprint density at radius 1 is 1.31 bits per heavy atom. The van der Waals surface area contributed by atoms with Gasteiger partial charge in [-0.3, -0.25) is 4.90 Å². The molecule has 3 rings (SSSR count). The first-order chi connectivity index (χ1) is 7.86. The second kappa shape index (κ2) is 4.14. The fourth-order valence-electron chi connectivity index (χ4n) is 2.63. The van der Waals surface area contributed by atoms with E-state index in [1.54, 1.807) is 0 Å². The summed E-state index contributed by atoms with van der Waals surface area (Å²) in [6.45, 7) is 2.27. The molecular formula is C11H18N4O. The van der Waals surface area contributed by atoms with Gasteiger partial charge in [0.2, 0.25) is 0 Å². The predicted molar refractivity (Wildman–Crippen MR) is 58.8 cm³/mol. The Balaban J connectivity index is 1.63. The maximum absolute atomic E-state index is 8.95. The van der Waals surface area contributed by atoms with Gasteiger partial charge in [-0.1, -0.05) is 11.6 Å². The smallest absolute Gasteiger partial charge is 0.108 e. The number of aliphatic hydroxyl groups excluding tert-OH is 1. The van der Waals surface area contributed by atoms with Crippen LogP contribution in [0.4, 0.5) is 0 Å². The summed E-state index contributed by atoms with van der Waals surface area (Å²) in [4.78, 5) is 2.58. The largest absolute Gasteiger partial charge is 0.390 e. The molecule has 0 amide bonds. The Morgan fingerprint density at radius 2 is 2.19 bits per heavy atom. The van der Waals surface area contributed by atoms with E-state index in [0.717, 1.165) is 19.0 Å². The van der Waals surface area contributed by atoms with Crippen LogP contribution in [0.3, 0.4) is 0 Å². The van der Waals surface area contributed by atoms with E-state index in [9.17, 15) is 0 Å². The van der Waals surface area contributed by atoms with Crippen molar-refractivity contribution in [2.75, 3.05) is 13.1 Å². The fraction of sp³-hybridized carbons (Fsp3) is 0.818. The number of rotatable bonds is 3. The van der Waals surface area contributed by atoms with Crippen LogP contribution >= 0.6 is 0 Å². The molecule has 1 N–H and O–H groups in total. The highest BCUT2D eigenvalue weighted by molar-refractivity contribution is 4.94. The fourth-order valence-corrected chi connectivity index (χ4v) is 2.63. The molecule has 0 aromatic carbocycles. The van der Waals surface area contributed by atoms with Gasteiger partial charge in [0.1, 0.15) is 5.69 Å². The van der Waals surface area contributed by atoms with Gasteiger partial charge in [0.25, 0.3) is 0 Å². The van der Waals surface area contributed by atoms with Gasteiger partial charge in [-0.2, -0.15) is 0 Å². The van der Waals surface area contributed by atoms with Crippen molar-refractivity contribution in [1.82, 2.24) is 19.9 Å². The van der Waals surface area contributed by atoms with E-state index in [2.05, 4.69) is 15.2 Å². The highest BCUT2D eigenvalue weighted by Gasteiger charge is 2.32. The first kappa shape index (κ1) is 10.2. The van der Waals surface area contributed by atoms with E-state index in [-0.39, 0.29) is 6.61 Å². The van der Waals surface area contributed by atoms with Crippen LogP contribution in [0.1, 0.15) is 37.4 Å². The van der Waals surface area contributed by atoms with Crippen LogP contribution in [0.15, 0.2) is 6.20 Å². The zero-order valence-electron chi connectivity index (χ0n) is 9.42. The van der Waals surface area contributed by atoms with Gasteiger partial charge in [0, 0.05) is 19.1 Å². The molecule has 16 heavy (non-hydrogen) atoms. The quantitative estimate of drug-likeness (QED) is 0.812. The highest BCUT2D eigenvalue weighted by atomic mass is 16.3. The summed E-state index contributed by atoms with van der Waals surface area (Å²) in [5.74, 6) is 0. The molecule has 0 spiro atoms. The second-order valence-corrected chi connectivity index (χ2v) is 4.87. The molecule has 1 saturated carbocycles. The Morgan fingerprint density at radius 3 is 2.81 bits per heavy atom. The molecule has 1 aromatic heterocycles. The van der Waals surface area contributed by atoms with Gasteiger partial charge >= 0.3 is 0 Å². The van der Waals surface area contributed by atoms with Crippen molar-refractivity contribution >= 4 is 0 Å². The number of hydrogen-bond acceptors (Lipinski definition) is 4. The molecule has 1 aliphatic heterocycles. The van der Waals surface area contributed by atoms with Crippen LogP contribution < -0.4 is 0 Å². The minimum Gasteiger partial charge on any atom is -0.390 e. The van der Waals surface area contributed by atoms with Crippen molar-refractivity contribution in [1.29, 1.82) is 0 Å². The third-order valence-corrected chi connectivity index (χ3v) is 3.88. The summed E-state index contributed by atoms with van der Waals surface area (Å²) in [5, 5.41) is 17.0. The summed E-state index contributed by atoms with van der Waals surface area (Å²) in [6.07, 6.45) is 7.15. The van der Waals surface area contributed by atoms with Crippen molar-refractivity contribution in [3.05, 3.63) is 11.9 Å². The summed E-state index contributed by atoms with van der Waals surface area (Å²) < 4.78 is 1.92. The van der Waals surface area contributed by atoms with Crippen LogP contribution in [0.25, 0.3) is 0 Å². The lowest BCUT2D eigenvalue weighted by Gasteiger charge is -2.34. The summed E-state index contributed by atoms with van der Waals surface area (Å²) in [7, 11) is 0. The lowest BCUT2D eigenvalue weighted by atomic mass is 9.92. The second-order valence-electron chi connectivity index (χ2n) is 4.87. The van der Waals surface area contributed by atoms with Crippen molar-refractivity contribution in [2.24, 2.45) is 0 Å². The first-order valence-corrected chi connectivity index (χ1v) is 6.12. The molecule has 5 heteroatoms. The number of likely N-dealkylation sites (tertiary alicyclic amines) is 1. The third-order valence-electron chi connectivity index (χ3n) is 3.88. The van der Waals surface area contributed by atoms with Crippen molar-refractivity contribution in [3.63, 3.8) is 0 Å². The van der Waals surface area contributed by atoms with Crippen LogP contribution in [-0.4, -0.2) is 44.1 Å². The van der Waals surface area contributed by atoms with Gasteiger partial charge in [-0.05, 0) is 19.3 Å². The van der Waals surface area contributed by atoms with E-state index in [1.807, 2.05) is 10.9 Å². The van der Waals surface area contributed by atoms with E-state index in [0.29, 0.717) is 11.7 Å². The molecule has 0 bridgehead atoms. The van der Waals surface area contributed by atoms with E-state index in [4.69, 9.17) is 5.11 Å². The lowest BCUT2D eigenvalue weighted by Crippen LogP contribution is -2.38. The Bertz CT molecular complexity index is 361. The summed E-state index contributed by atoms with van der Waals surface area (Å²) in [5.41, 5.74) is 0.669. The van der Waals surface area contributed by atoms with Gasteiger partial charge in [-0.15, -0.1) is 5.10 Å².